The van der Waals surface area contributed by atoms with Crippen LogP contribution >= 0.6 is 0 Å². The largest absolute Gasteiger partial charge is 0.466 e. The molecule has 2 atom stereocenters. The molecular formula is C61H117NO5. The maximum atomic E-state index is 12.5. The molecule has 0 saturated carbocycles. The Morgan fingerprint density at radius 2 is 0.761 bits per heavy atom. The van der Waals surface area contributed by atoms with Crippen molar-refractivity contribution in [3.63, 3.8) is 0 Å². The highest BCUT2D eigenvalue weighted by atomic mass is 16.5. The summed E-state index contributed by atoms with van der Waals surface area (Å²) in [6.07, 6.45) is 68.8. The summed E-state index contributed by atoms with van der Waals surface area (Å²) >= 11 is 0. The molecule has 0 heterocycles. The fourth-order valence-corrected chi connectivity index (χ4v) is 9.36. The molecule has 0 bridgehead atoms. The van der Waals surface area contributed by atoms with Crippen molar-refractivity contribution >= 4 is 11.9 Å². The van der Waals surface area contributed by atoms with Crippen molar-refractivity contribution in [1.82, 2.24) is 5.32 Å². The summed E-state index contributed by atoms with van der Waals surface area (Å²) < 4.78 is 5.47. The standard InChI is InChI=1S/C61H117NO5/c1-3-5-7-9-11-13-15-17-19-23-26-29-33-37-41-45-49-53-59(64)58(57-63)62-60(65)54-50-46-42-38-34-30-27-24-21-20-22-25-28-32-36-40-44-48-52-56-67-61(66)55-51-47-43-39-35-31-18-16-14-12-10-8-6-4-2/h10,12,16,18,58-59,63-64H,3-9,11,13-15,17,19-57H2,1-2H3,(H,62,65)/b12-10-,18-16-. The molecule has 2 unspecified atom stereocenters. The van der Waals surface area contributed by atoms with E-state index in [0.717, 1.165) is 51.4 Å². The van der Waals surface area contributed by atoms with Crippen LogP contribution in [0.3, 0.4) is 0 Å². The van der Waals surface area contributed by atoms with Crippen LogP contribution in [0, 0.1) is 0 Å². The molecule has 0 aliphatic carbocycles. The summed E-state index contributed by atoms with van der Waals surface area (Å²) in [5.74, 6) is -0.0409. The van der Waals surface area contributed by atoms with Gasteiger partial charge in [0.25, 0.3) is 0 Å². The molecule has 0 radical (unpaired) electrons. The van der Waals surface area contributed by atoms with Gasteiger partial charge in [-0.3, -0.25) is 9.59 Å². The molecule has 0 spiro atoms. The van der Waals surface area contributed by atoms with Crippen molar-refractivity contribution < 1.29 is 24.5 Å². The van der Waals surface area contributed by atoms with Crippen LogP contribution in [-0.2, 0) is 14.3 Å². The number of allylic oxidation sites excluding steroid dienone is 4. The first-order valence-electron chi connectivity index (χ1n) is 30.1. The highest BCUT2D eigenvalue weighted by Gasteiger charge is 2.20. The molecule has 0 saturated heterocycles. The van der Waals surface area contributed by atoms with E-state index in [1.54, 1.807) is 0 Å². The fourth-order valence-electron chi connectivity index (χ4n) is 9.36. The number of nitrogens with one attached hydrogen (secondary N) is 1. The number of rotatable bonds is 56. The van der Waals surface area contributed by atoms with Crippen LogP contribution in [0.1, 0.15) is 328 Å². The first-order valence-corrected chi connectivity index (χ1v) is 30.1. The number of amides is 1. The Labute approximate surface area is 418 Å². The Hall–Kier alpha value is -1.66. The lowest BCUT2D eigenvalue weighted by Gasteiger charge is -2.22. The molecule has 0 aliphatic heterocycles. The second-order valence-electron chi connectivity index (χ2n) is 20.7. The second kappa shape index (κ2) is 56.9. The predicted octanol–water partition coefficient (Wildman–Crippen LogP) is 18.6. The summed E-state index contributed by atoms with van der Waals surface area (Å²) in [5, 5.41) is 23.3. The van der Waals surface area contributed by atoms with E-state index in [1.165, 1.54) is 244 Å². The summed E-state index contributed by atoms with van der Waals surface area (Å²) in [6, 6.07) is -0.544. The van der Waals surface area contributed by atoms with Gasteiger partial charge < -0.3 is 20.3 Å². The van der Waals surface area contributed by atoms with Gasteiger partial charge in [0, 0.05) is 12.8 Å². The van der Waals surface area contributed by atoms with Crippen molar-refractivity contribution in [2.45, 2.75) is 341 Å². The van der Waals surface area contributed by atoms with Crippen LogP contribution in [0.5, 0.6) is 0 Å². The molecule has 0 fully saturated rings. The van der Waals surface area contributed by atoms with Gasteiger partial charge in [-0.25, -0.2) is 0 Å². The molecule has 1 amide bonds. The number of unbranched alkanes of at least 4 members (excludes halogenated alkanes) is 41. The van der Waals surface area contributed by atoms with Gasteiger partial charge in [0.15, 0.2) is 0 Å². The Kier molecular flexibility index (Phi) is 55.5. The number of esters is 1. The third-order valence-corrected chi connectivity index (χ3v) is 14.0. The molecule has 0 rings (SSSR count). The van der Waals surface area contributed by atoms with Gasteiger partial charge in [-0.15, -0.1) is 0 Å². The van der Waals surface area contributed by atoms with Crippen LogP contribution in [0.15, 0.2) is 24.3 Å². The molecule has 67 heavy (non-hydrogen) atoms. The van der Waals surface area contributed by atoms with Gasteiger partial charge in [0.2, 0.25) is 5.91 Å². The first kappa shape index (κ1) is 65.3. The van der Waals surface area contributed by atoms with Gasteiger partial charge in [0.1, 0.15) is 0 Å². The van der Waals surface area contributed by atoms with E-state index in [-0.39, 0.29) is 18.5 Å². The Balaban J connectivity index is 3.41. The molecule has 0 aromatic carbocycles. The number of hydrogen-bond acceptors (Lipinski definition) is 5. The van der Waals surface area contributed by atoms with Crippen LogP contribution in [-0.4, -0.2) is 47.4 Å². The van der Waals surface area contributed by atoms with E-state index < -0.39 is 12.1 Å². The molecule has 0 aromatic heterocycles. The normalized spacial score (nSPS) is 12.7. The summed E-state index contributed by atoms with van der Waals surface area (Å²) in [5.41, 5.74) is 0. The lowest BCUT2D eigenvalue weighted by Crippen LogP contribution is -2.45. The zero-order valence-electron chi connectivity index (χ0n) is 45.1. The third kappa shape index (κ3) is 53.5. The zero-order chi connectivity index (χ0) is 48.6. The van der Waals surface area contributed by atoms with Crippen LogP contribution in [0.4, 0.5) is 0 Å². The van der Waals surface area contributed by atoms with Crippen LogP contribution < -0.4 is 5.32 Å². The van der Waals surface area contributed by atoms with Crippen molar-refractivity contribution in [1.29, 1.82) is 0 Å². The smallest absolute Gasteiger partial charge is 0.305 e. The minimum absolute atomic E-state index is 0.00514. The first-order chi connectivity index (χ1) is 33.0. The van der Waals surface area contributed by atoms with E-state index in [1.807, 2.05) is 0 Å². The number of aliphatic hydroxyl groups is 2. The number of aliphatic hydroxyl groups excluding tert-OH is 2. The van der Waals surface area contributed by atoms with Gasteiger partial charge in [0.05, 0.1) is 25.4 Å². The van der Waals surface area contributed by atoms with Crippen molar-refractivity contribution in [3.8, 4) is 0 Å². The lowest BCUT2D eigenvalue weighted by atomic mass is 10.0. The molecular weight excluding hydrogens is 827 g/mol. The average Bonchev–Trinajstić information content (AvgIpc) is 3.33. The lowest BCUT2D eigenvalue weighted by molar-refractivity contribution is -0.143. The summed E-state index contributed by atoms with van der Waals surface area (Å²) in [6.45, 7) is 4.92. The molecule has 6 heteroatoms. The van der Waals surface area contributed by atoms with Crippen molar-refractivity contribution in [2.75, 3.05) is 13.2 Å². The molecule has 0 aliphatic rings. The number of carbonyl (C=O) groups is 2. The van der Waals surface area contributed by atoms with E-state index in [4.69, 9.17) is 4.74 Å². The van der Waals surface area contributed by atoms with Crippen LogP contribution in [0.25, 0.3) is 0 Å². The molecule has 0 aromatic rings. The zero-order valence-corrected chi connectivity index (χ0v) is 45.1. The fraction of sp³-hybridized carbons (Fsp3) is 0.902. The molecule has 396 valence electrons. The Morgan fingerprint density at radius 1 is 0.418 bits per heavy atom. The van der Waals surface area contributed by atoms with E-state index in [9.17, 15) is 19.8 Å². The monoisotopic (exact) mass is 944 g/mol. The summed E-state index contributed by atoms with van der Waals surface area (Å²) in [4.78, 5) is 24.5. The quantitative estimate of drug-likeness (QED) is 0.0321. The highest BCUT2D eigenvalue weighted by Crippen LogP contribution is 2.18. The molecule has 3 N–H and O–H groups in total. The van der Waals surface area contributed by atoms with Crippen molar-refractivity contribution in [3.05, 3.63) is 24.3 Å². The molecule has 6 nitrogen and oxygen atoms in total. The second-order valence-corrected chi connectivity index (χ2v) is 20.7. The van der Waals surface area contributed by atoms with Gasteiger partial charge in [-0.05, 0) is 51.4 Å². The van der Waals surface area contributed by atoms with E-state index in [2.05, 4.69) is 43.5 Å². The third-order valence-electron chi connectivity index (χ3n) is 14.0. The minimum atomic E-state index is -0.666. The van der Waals surface area contributed by atoms with Crippen molar-refractivity contribution in [2.24, 2.45) is 0 Å². The topological polar surface area (TPSA) is 95.9 Å². The van der Waals surface area contributed by atoms with Gasteiger partial charge >= 0.3 is 5.97 Å². The number of ether oxygens (including phenoxy) is 1. The summed E-state index contributed by atoms with van der Waals surface area (Å²) in [7, 11) is 0. The van der Waals surface area contributed by atoms with Crippen LogP contribution in [0.2, 0.25) is 0 Å². The maximum Gasteiger partial charge on any atom is 0.305 e. The highest BCUT2D eigenvalue weighted by molar-refractivity contribution is 5.76. The van der Waals surface area contributed by atoms with E-state index in [0.29, 0.717) is 25.9 Å². The SMILES string of the molecule is CCCC/C=C\C/C=C\CCCCCCCC(=O)OCCCCCCCCCCCCCCCCCCCCCC(=O)NC(CO)C(O)CCCCCCCCCCCCCCCCCCC. The Bertz CT molecular complexity index is 1040. The van der Waals surface area contributed by atoms with Gasteiger partial charge in [-0.2, -0.15) is 0 Å². The maximum absolute atomic E-state index is 12.5. The minimum Gasteiger partial charge on any atom is -0.466 e. The number of carbonyl (C=O) groups excluding carboxylic acids is 2. The van der Waals surface area contributed by atoms with Gasteiger partial charge in [-0.1, -0.05) is 289 Å². The van der Waals surface area contributed by atoms with E-state index >= 15 is 0 Å². The predicted molar refractivity (Wildman–Crippen MR) is 292 cm³/mol. The average molecular weight is 945 g/mol. The Morgan fingerprint density at radius 3 is 1.18 bits per heavy atom. The number of hydrogen-bond donors (Lipinski definition) is 3.